The van der Waals surface area contributed by atoms with Crippen LogP contribution in [0.5, 0.6) is 0 Å². The number of nitrogens with one attached hydrogen (secondary N) is 2. The zero-order chi connectivity index (χ0) is 15.0. The fourth-order valence-corrected chi connectivity index (χ4v) is 2.70. The Bertz CT molecular complexity index is 660. The number of rotatable bonds is 4. The highest BCUT2D eigenvalue weighted by atomic mass is 32.2. The van der Waals surface area contributed by atoms with E-state index in [2.05, 4.69) is 9.44 Å². The average molecular weight is 305 g/mol. The zero-order valence-corrected chi connectivity index (χ0v) is 10.8. The quantitative estimate of drug-likeness (QED) is 0.892. The standard InChI is InChI=1S/C11H10F3N3O2S/c12-11(13,14)8-1-4-10(7(5-8)6-15)17-20(18,19)16-9-2-3-9/h1,4-5,9,16-17H,2-3H2. The van der Waals surface area contributed by atoms with E-state index in [-0.39, 0.29) is 17.3 Å². The van der Waals surface area contributed by atoms with E-state index in [9.17, 15) is 21.6 Å². The lowest BCUT2D eigenvalue weighted by atomic mass is 10.1. The van der Waals surface area contributed by atoms with Crippen LogP contribution in [0, 0.1) is 11.3 Å². The molecule has 0 heterocycles. The monoisotopic (exact) mass is 305 g/mol. The molecule has 0 saturated heterocycles. The van der Waals surface area contributed by atoms with Gasteiger partial charge in [0, 0.05) is 6.04 Å². The van der Waals surface area contributed by atoms with E-state index < -0.39 is 21.9 Å². The van der Waals surface area contributed by atoms with Crippen LogP contribution in [0.15, 0.2) is 18.2 Å². The van der Waals surface area contributed by atoms with Crippen molar-refractivity contribution in [2.45, 2.75) is 25.1 Å². The predicted octanol–water partition coefficient (Wildman–Crippen LogP) is 1.99. The Morgan fingerprint density at radius 2 is 1.95 bits per heavy atom. The summed E-state index contributed by atoms with van der Waals surface area (Å²) < 4.78 is 65.1. The molecular weight excluding hydrogens is 295 g/mol. The van der Waals surface area contributed by atoms with Crippen molar-refractivity contribution < 1.29 is 21.6 Å². The van der Waals surface area contributed by atoms with Crippen molar-refractivity contribution in [3.8, 4) is 6.07 Å². The number of anilines is 1. The molecule has 0 bridgehead atoms. The van der Waals surface area contributed by atoms with Gasteiger partial charge in [-0.15, -0.1) is 0 Å². The van der Waals surface area contributed by atoms with Crippen molar-refractivity contribution in [2.24, 2.45) is 0 Å². The zero-order valence-electron chi connectivity index (χ0n) is 10.0. The van der Waals surface area contributed by atoms with E-state index in [0.29, 0.717) is 6.07 Å². The van der Waals surface area contributed by atoms with Gasteiger partial charge in [0.25, 0.3) is 10.2 Å². The molecule has 2 N–H and O–H groups in total. The largest absolute Gasteiger partial charge is 0.416 e. The predicted molar refractivity (Wildman–Crippen MR) is 64.9 cm³/mol. The minimum Gasteiger partial charge on any atom is -0.270 e. The molecule has 1 aromatic rings. The van der Waals surface area contributed by atoms with Crippen molar-refractivity contribution in [2.75, 3.05) is 4.72 Å². The first-order valence-corrected chi connectivity index (χ1v) is 7.11. The Balaban J connectivity index is 2.26. The van der Waals surface area contributed by atoms with Crippen molar-refractivity contribution in [1.82, 2.24) is 4.72 Å². The third-order valence-electron chi connectivity index (χ3n) is 2.61. The maximum atomic E-state index is 12.5. The summed E-state index contributed by atoms with van der Waals surface area (Å²) in [6.45, 7) is 0. The summed E-state index contributed by atoms with van der Waals surface area (Å²) >= 11 is 0. The van der Waals surface area contributed by atoms with E-state index in [0.717, 1.165) is 25.0 Å². The molecule has 2 rings (SSSR count). The van der Waals surface area contributed by atoms with Gasteiger partial charge in [-0.05, 0) is 31.0 Å². The highest BCUT2D eigenvalue weighted by Crippen LogP contribution is 2.32. The summed E-state index contributed by atoms with van der Waals surface area (Å²) in [6, 6.07) is 3.65. The van der Waals surface area contributed by atoms with Crippen molar-refractivity contribution in [1.29, 1.82) is 5.26 Å². The van der Waals surface area contributed by atoms with Crippen LogP contribution in [-0.2, 0) is 16.4 Å². The molecular formula is C11H10F3N3O2S. The summed E-state index contributed by atoms with van der Waals surface area (Å²) in [5.41, 5.74) is -1.58. The molecule has 0 spiro atoms. The van der Waals surface area contributed by atoms with Crippen LogP contribution in [-0.4, -0.2) is 14.5 Å². The van der Waals surface area contributed by atoms with Crippen LogP contribution in [0.3, 0.4) is 0 Å². The third-order valence-corrected chi connectivity index (χ3v) is 3.74. The fraction of sp³-hybridized carbons (Fsp3) is 0.364. The van der Waals surface area contributed by atoms with Crippen molar-refractivity contribution in [3.05, 3.63) is 29.3 Å². The topological polar surface area (TPSA) is 82.0 Å². The molecule has 0 radical (unpaired) electrons. The molecule has 0 aliphatic heterocycles. The second kappa shape index (κ2) is 4.96. The summed E-state index contributed by atoms with van der Waals surface area (Å²) in [5, 5.41) is 8.83. The first-order valence-electron chi connectivity index (χ1n) is 5.63. The molecule has 108 valence electrons. The van der Waals surface area contributed by atoms with Gasteiger partial charge >= 0.3 is 6.18 Å². The van der Waals surface area contributed by atoms with Crippen LogP contribution < -0.4 is 9.44 Å². The van der Waals surface area contributed by atoms with E-state index in [1.165, 1.54) is 0 Å². The van der Waals surface area contributed by atoms with E-state index in [4.69, 9.17) is 5.26 Å². The van der Waals surface area contributed by atoms with Crippen LogP contribution in [0.2, 0.25) is 0 Å². The Hall–Kier alpha value is -1.79. The maximum absolute atomic E-state index is 12.5. The lowest BCUT2D eigenvalue weighted by Gasteiger charge is -2.12. The molecule has 0 unspecified atom stereocenters. The Kier molecular flexibility index (Phi) is 3.62. The number of halogens is 3. The first-order chi connectivity index (χ1) is 9.21. The molecule has 1 saturated carbocycles. The molecule has 5 nitrogen and oxygen atoms in total. The second-order valence-corrected chi connectivity index (χ2v) is 5.81. The Morgan fingerprint density at radius 1 is 1.30 bits per heavy atom. The molecule has 1 aromatic carbocycles. The van der Waals surface area contributed by atoms with Gasteiger partial charge in [-0.1, -0.05) is 0 Å². The smallest absolute Gasteiger partial charge is 0.270 e. The fourth-order valence-electron chi connectivity index (χ4n) is 1.50. The summed E-state index contributed by atoms with van der Waals surface area (Å²) in [6.07, 6.45) is -3.15. The second-order valence-electron chi connectivity index (χ2n) is 4.37. The SMILES string of the molecule is N#Cc1cc(C(F)(F)F)ccc1NS(=O)(=O)NC1CC1. The molecule has 1 fully saturated rings. The molecule has 1 aliphatic rings. The Morgan fingerprint density at radius 3 is 2.45 bits per heavy atom. The number of alkyl halides is 3. The van der Waals surface area contributed by atoms with Crippen molar-refractivity contribution >= 4 is 15.9 Å². The number of nitrogens with zero attached hydrogens (tertiary/aromatic N) is 1. The van der Waals surface area contributed by atoms with Crippen LogP contribution in [0.4, 0.5) is 18.9 Å². The number of nitriles is 1. The maximum Gasteiger partial charge on any atom is 0.416 e. The van der Waals surface area contributed by atoms with Crippen molar-refractivity contribution in [3.63, 3.8) is 0 Å². The minimum absolute atomic E-state index is 0.146. The molecule has 0 atom stereocenters. The highest BCUT2D eigenvalue weighted by Gasteiger charge is 2.32. The van der Waals surface area contributed by atoms with Crippen LogP contribution in [0.25, 0.3) is 0 Å². The van der Waals surface area contributed by atoms with Gasteiger partial charge < -0.3 is 0 Å². The molecule has 0 amide bonds. The van der Waals surface area contributed by atoms with Gasteiger partial charge in [-0.3, -0.25) is 4.72 Å². The number of hydrogen-bond acceptors (Lipinski definition) is 3. The minimum atomic E-state index is -4.59. The highest BCUT2D eigenvalue weighted by molar-refractivity contribution is 7.90. The lowest BCUT2D eigenvalue weighted by Crippen LogP contribution is -2.32. The molecule has 1 aliphatic carbocycles. The normalized spacial score (nSPS) is 15.7. The van der Waals surface area contributed by atoms with Gasteiger partial charge in [-0.2, -0.15) is 31.6 Å². The third kappa shape index (κ3) is 3.61. The van der Waals surface area contributed by atoms with E-state index in [1.807, 2.05) is 0 Å². The molecule has 20 heavy (non-hydrogen) atoms. The van der Waals surface area contributed by atoms with E-state index in [1.54, 1.807) is 6.07 Å². The Labute approximate surface area is 113 Å². The van der Waals surface area contributed by atoms with E-state index >= 15 is 0 Å². The van der Waals surface area contributed by atoms with Gasteiger partial charge in [0.05, 0.1) is 16.8 Å². The summed E-state index contributed by atoms with van der Waals surface area (Å²) in [7, 11) is -3.88. The molecule has 0 aromatic heterocycles. The van der Waals surface area contributed by atoms with Crippen LogP contribution in [0.1, 0.15) is 24.0 Å². The first kappa shape index (κ1) is 14.6. The average Bonchev–Trinajstić information content (AvgIpc) is 3.10. The lowest BCUT2D eigenvalue weighted by molar-refractivity contribution is -0.137. The van der Waals surface area contributed by atoms with Gasteiger partial charge in [0.1, 0.15) is 6.07 Å². The van der Waals surface area contributed by atoms with Crippen LogP contribution >= 0.6 is 0 Å². The number of benzene rings is 1. The summed E-state index contributed by atoms with van der Waals surface area (Å²) in [5.74, 6) is 0. The van der Waals surface area contributed by atoms with Gasteiger partial charge in [0.15, 0.2) is 0 Å². The summed E-state index contributed by atoms with van der Waals surface area (Å²) in [4.78, 5) is 0. The van der Waals surface area contributed by atoms with Gasteiger partial charge in [-0.25, -0.2) is 0 Å². The van der Waals surface area contributed by atoms with Gasteiger partial charge in [0.2, 0.25) is 0 Å². The number of hydrogen-bond donors (Lipinski definition) is 2. The molecule has 9 heteroatoms.